The Morgan fingerprint density at radius 1 is 1.44 bits per heavy atom. The van der Waals surface area contributed by atoms with E-state index in [2.05, 4.69) is 19.2 Å². The predicted octanol–water partition coefficient (Wildman–Crippen LogP) is 2.27. The number of hydrogen-bond donors (Lipinski definition) is 1. The van der Waals surface area contributed by atoms with E-state index in [1.807, 2.05) is 11.8 Å². The lowest BCUT2D eigenvalue weighted by Gasteiger charge is -2.16. The third kappa shape index (κ3) is 3.14. The summed E-state index contributed by atoms with van der Waals surface area (Å²) in [7, 11) is 1.78. The summed E-state index contributed by atoms with van der Waals surface area (Å²) in [4.78, 5) is 4.72. The Balaban J connectivity index is 1.81. The molecule has 2 rings (SSSR count). The van der Waals surface area contributed by atoms with Crippen LogP contribution in [0.15, 0.2) is 4.99 Å². The second kappa shape index (κ2) is 4.57. The van der Waals surface area contributed by atoms with E-state index in [0.717, 1.165) is 30.5 Å². The first-order chi connectivity index (χ1) is 7.55. The average Bonchev–Trinajstić information content (AvgIpc) is 2.92. The first kappa shape index (κ1) is 12.2. The van der Waals surface area contributed by atoms with Crippen LogP contribution < -0.4 is 5.32 Å². The Labute approximate surface area is 102 Å². The quantitative estimate of drug-likeness (QED) is 0.803. The molecule has 3 nitrogen and oxygen atoms in total. The third-order valence-corrected chi connectivity index (χ3v) is 4.74. The van der Waals surface area contributed by atoms with Crippen molar-refractivity contribution in [3.8, 4) is 0 Å². The lowest BCUT2D eigenvalue weighted by molar-refractivity contribution is 0.174. The minimum Gasteiger partial charge on any atom is -0.385 e. The molecule has 0 aromatic rings. The second-order valence-electron chi connectivity index (χ2n) is 5.66. The summed E-state index contributed by atoms with van der Waals surface area (Å²) >= 11 is 1.85. The Morgan fingerprint density at radius 2 is 2.19 bits per heavy atom. The van der Waals surface area contributed by atoms with Gasteiger partial charge in [-0.15, -0.1) is 0 Å². The molecule has 0 atom stereocenters. The highest BCUT2D eigenvalue weighted by Gasteiger charge is 2.42. The fourth-order valence-electron chi connectivity index (χ4n) is 1.92. The van der Waals surface area contributed by atoms with Gasteiger partial charge in [-0.2, -0.15) is 0 Å². The van der Waals surface area contributed by atoms with E-state index in [9.17, 15) is 0 Å². The van der Waals surface area contributed by atoms with Crippen molar-refractivity contribution in [3.63, 3.8) is 0 Å². The molecule has 2 fully saturated rings. The highest BCUT2D eigenvalue weighted by atomic mass is 32.2. The topological polar surface area (TPSA) is 33.6 Å². The summed E-state index contributed by atoms with van der Waals surface area (Å²) in [6.07, 6.45) is 3.80. The normalized spacial score (nSPS) is 28.1. The van der Waals surface area contributed by atoms with Crippen LogP contribution >= 0.6 is 11.8 Å². The fourth-order valence-corrected chi connectivity index (χ4v) is 2.99. The summed E-state index contributed by atoms with van der Waals surface area (Å²) in [5, 5.41) is 4.60. The van der Waals surface area contributed by atoms with Gasteiger partial charge in [-0.3, -0.25) is 4.99 Å². The van der Waals surface area contributed by atoms with Gasteiger partial charge in [0.05, 0.1) is 0 Å². The zero-order chi connectivity index (χ0) is 11.6. The van der Waals surface area contributed by atoms with Gasteiger partial charge in [-0.1, -0.05) is 11.8 Å². The van der Waals surface area contributed by atoms with Crippen molar-refractivity contribution in [1.29, 1.82) is 0 Å². The molecule has 1 saturated carbocycles. The van der Waals surface area contributed by atoms with Crippen molar-refractivity contribution in [2.75, 3.05) is 26.0 Å². The summed E-state index contributed by atoms with van der Waals surface area (Å²) in [5.41, 5.74) is 0.685. The van der Waals surface area contributed by atoms with Gasteiger partial charge in [0.25, 0.3) is 0 Å². The highest BCUT2D eigenvalue weighted by Crippen LogP contribution is 2.49. The Bertz CT molecular complexity index is 285. The summed E-state index contributed by atoms with van der Waals surface area (Å²) in [5.74, 6) is 1.12. The molecular formula is C12H22N2OS. The Kier molecular flexibility index (Phi) is 3.50. The summed E-state index contributed by atoms with van der Waals surface area (Å²) < 4.78 is 5.15. The minimum absolute atomic E-state index is 0.215. The molecule has 0 bridgehead atoms. The zero-order valence-electron chi connectivity index (χ0n) is 10.5. The zero-order valence-corrected chi connectivity index (χ0v) is 11.3. The van der Waals surface area contributed by atoms with Crippen molar-refractivity contribution in [2.24, 2.45) is 10.4 Å². The largest absolute Gasteiger partial charge is 0.385 e. The predicted molar refractivity (Wildman–Crippen MR) is 70.1 cm³/mol. The van der Waals surface area contributed by atoms with Gasteiger partial charge in [0.15, 0.2) is 5.17 Å². The minimum atomic E-state index is 0.215. The van der Waals surface area contributed by atoms with Gasteiger partial charge < -0.3 is 10.1 Å². The molecule has 0 radical (unpaired) electrons. The van der Waals surface area contributed by atoms with E-state index in [0.29, 0.717) is 5.41 Å². The molecule has 0 amide bonds. The molecule has 1 N–H and O–H groups in total. The molecule has 4 heteroatoms. The van der Waals surface area contributed by atoms with E-state index >= 15 is 0 Å². The van der Waals surface area contributed by atoms with Crippen LogP contribution in [-0.4, -0.2) is 36.7 Å². The molecule has 0 spiro atoms. The molecule has 0 aromatic carbocycles. The molecule has 16 heavy (non-hydrogen) atoms. The van der Waals surface area contributed by atoms with E-state index in [-0.39, 0.29) is 5.54 Å². The maximum Gasteiger partial charge on any atom is 0.157 e. The third-order valence-electron chi connectivity index (χ3n) is 3.37. The number of hydrogen-bond acceptors (Lipinski definition) is 3. The maximum absolute atomic E-state index is 5.15. The molecule has 2 aliphatic rings. The number of thioether (sulfide) groups is 1. The summed E-state index contributed by atoms with van der Waals surface area (Å²) in [6, 6.07) is 0. The first-order valence-corrected chi connectivity index (χ1v) is 6.98. The van der Waals surface area contributed by atoms with Crippen molar-refractivity contribution in [3.05, 3.63) is 0 Å². The Morgan fingerprint density at radius 3 is 2.69 bits per heavy atom. The Hall–Kier alpha value is -0.220. The van der Waals surface area contributed by atoms with Crippen molar-refractivity contribution >= 4 is 16.9 Å². The van der Waals surface area contributed by atoms with Gasteiger partial charge in [0.2, 0.25) is 0 Å². The number of nitrogens with zero attached hydrogens (tertiary/aromatic N) is 1. The van der Waals surface area contributed by atoms with Crippen LogP contribution in [-0.2, 0) is 4.74 Å². The van der Waals surface area contributed by atoms with E-state index < -0.39 is 0 Å². The molecule has 0 unspecified atom stereocenters. The lowest BCUT2D eigenvalue weighted by atomic mass is 10.0. The molecule has 0 aromatic heterocycles. The van der Waals surface area contributed by atoms with E-state index in [1.165, 1.54) is 12.8 Å². The van der Waals surface area contributed by atoms with Crippen LogP contribution in [0.25, 0.3) is 0 Å². The van der Waals surface area contributed by atoms with Crippen LogP contribution in [0.5, 0.6) is 0 Å². The fraction of sp³-hybridized carbons (Fsp3) is 0.917. The van der Waals surface area contributed by atoms with Gasteiger partial charge in [-0.25, -0.2) is 0 Å². The molecule has 1 heterocycles. The van der Waals surface area contributed by atoms with Crippen molar-refractivity contribution < 1.29 is 4.74 Å². The molecule has 92 valence electrons. The van der Waals surface area contributed by atoms with Crippen LogP contribution in [0.4, 0.5) is 0 Å². The van der Waals surface area contributed by atoms with Crippen LogP contribution in [0, 0.1) is 5.41 Å². The molecular weight excluding hydrogens is 220 g/mol. The van der Waals surface area contributed by atoms with Crippen LogP contribution in [0.3, 0.4) is 0 Å². The summed E-state index contributed by atoms with van der Waals surface area (Å²) in [6.45, 7) is 6.29. The highest BCUT2D eigenvalue weighted by molar-refractivity contribution is 8.14. The van der Waals surface area contributed by atoms with Gasteiger partial charge in [0, 0.05) is 31.6 Å². The SMILES string of the molecule is COCCC1(CN=C2NC(C)(C)CS2)CC1. The molecule has 1 aliphatic carbocycles. The monoisotopic (exact) mass is 242 g/mol. The average molecular weight is 242 g/mol. The number of amidine groups is 1. The van der Waals surface area contributed by atoms with Crippen LogP contribution in [0.1, 0.15) is 33.1 Å². The van der Waals surface area contributed by atoms with E-state index in [1.54, 1.807) is 7.11 Å². The smallest absolute Gasteiger partial charge is 0.157 e. The first-order valence-electron chi connectivity index (χ1n) is 6.00. The van der Waals surface area contributed by atoms with Crippen LogP contribution in [0.2, 0.25) is 0 Å². The number of rotatable bonds is 5. The van der Waals surface area contributed by atoms with Crippen molar-refractivity contribution in [2.45, 2.75) is 38.6 Å². The lowest BCUT2D eigenvalue weighted by Crippen LogP contribution is -2.37. The number of methoxy groups -OCH3 is 1. The van der Waals surface area contributed by atoms with Gasteiger partial charge in [0.1, 0.15) is 0 Å². The van der Waals surface area contributed by atoms with E-state index in [4.69, 9.17) is 9.73 Å². The number of aliphatic imine (C=N–C) groups is 1. The van der Waals surface area contributed by atoms with Crippen molar-refractivity contribution in [1.82, 2.24) is 5.32 Å². The second-order valence-corrected chi connectivity index (χ2v) is 6.63. The standard InChI is InChI=1S/C12H22N2OS/c1-11(2)9-16-10(14-11)13-8-12(4-5-12)6-7-15-3/h4-9H2,1-3H3,(H,13,14). The maximum atomic E-state index is 5.15. The molecule has 1 saturated heterocycles. The van der Waals surface area contributed by atoms with Gasteiger partial charge >= 0.3 is 0 Å². The molecule has 1 aliphatic heterocycles. The van der Waals surface area contributed by atoms with Gasteiger partial charge in [-0.05, 0) is 38.5 Å². The number of ether oxygens (including phenoxy) is 1. The number of nitrogens with one attached hydrogen (secondary N) is 1.